The van der Waals surface area contributed by atoms with E-state index in [9.17, 15) is 5.11 Å². The predicted octanol–water partition coefficient (Wildman–Crippen LogP) is 2.86. The summed E-state index contributed by atoms with van der Waals surface area (Å²) in [6.45, 7) is 5.70. The summed E-state index contributed by atoms with van der Waals surface area (Å²) in [6, 6.07) is 20.5. The first-order valence-corrected chi connectivity index (χ1v) is 9.99. The molecule has 2 aromatic rings. The molecule has 26 heavy (non-hydrogen) atoms. The molecule has 0 aromatic heterocycles. The van der Waals surface area contributed by atoms with Gasteiger partial charge >= 0.3 is 0 Å². The van der Waals surface area contributed by atoms with Crippen molar-refractivity contribution in [1.82, 2.24) is 0 Å². The van der Waals surface area contributed by atoms with Gasteiger partial charge in [0.1, 0.15) is 18.8 Å². The van der Waals surface area contributed by atoms with Gasteiger partial charge < -0.3 is 14.7 Å². The van der Waals surface area contributed by atoms with Crippen molar-refractivity contribution in [1.29, 1.82) is 0 Å². The number of nitrogens with one attached hydrogen (secondary N) is 1. The summed E-state index contributed by atoms with van der Waals surface area (Å²) < 4.78 is 6.21. The number of aliphatic hydroxyl groups is 1. The lowest BCUT2D eigenvalue weighted by Gasteiger charge is -2.24. The minimum Gasteiger partial charge on any atom is -0.385 e. The number of aliphatic hydroxyl groups excluding tert-OH is 1. The lowest BCUT2D eigenvalue weighted by atomic mass is 10.0. The average molecular weight is 355 g/mol. The lowest BCUT2D eigenvalue weighted by Crippen LogP contribution is -3.13. The minimum absolute atomic E-state index is 0.134. The van der Waals surface area contributed by atoms with E-state index in [4.69, 9.17) is 4.74 Å². The van der Waals surface area contributed by atoms with Crippen molar-refractivity contribution >= 4 is 0 Å². The molecule has 0 amide bonds. The van der Waals surface area contributed by atoms with E-state index < -0.39 is 6.10 Å². The van der Waals surface area contributed by atoms with Crippen LogP contribution in [0, 0.1) is 5.92 Å². The Balaban J connectivity index is 1.60. The predicted molar refractivity (Wildman–Crippen MR) is 105 cm³/mol. The van der Waals surface area contributed by atoms with Gasteiger partial charge in [-0.05, 0) is 30.4 Å². The van der Waals surface area contributed by atoms with Crippen molar-refractivity contribution in [2.45, 2.75) is 38.4 Å². The van der Waals surface area contributed by atoms with Crippen LogP contribution in [0.15, 0.2) is 60.7 Å². The maximum Gasteiger partial charge on any atom is 0.126 e. The van der Waals surface area contributed by atoms with Crippen molar-refractivity contribution < 1.29 is 14.7 Å². The van der Waals surface area contributed by atoms with E-state index in [1.165, 1.54) is 24.3 Å². The van der Waals surface area contributed by atoms with Crippen LogP contribution in [0.4, 0.5) is 0 Å². The fourth-order valence-electron chi connectivity index (χ4n) is 3.61. The summed E-state index contributed by atoms with van der Waals surface area (Å²) >= 11 is 0. The molecule has 2 aromatic carbocycles. The fourth-order valence-corrected chi connectivity index (χ4v) is 3.61. The summed E-state index contributed by atoms with van der Waals surface area (Å²) in [6.07, 6.45) is 3.33. The monoisotopic (exact) mass is 354 g/mol. The van der Waals surface area contributed by atoms with E-state index in [0.717, 1.165) is 36.6 Å². The highest BCUT2D eigenvalue weighted by molar-refractivity contribution is 5.29. The number of hydrogen-bond donors (Lipinski definition) is 2. The third kappa shape index (κ3) is 5.94. The molecule has 0 heterocycles. The van der Waals surface area contributed by atoms with Gasteiger partial charge in [-0.1, -0.05) is 67.6 Å². The largest absolute Gasteiger partial charge is 0.385 e. The molecule has 140 valence electrons. The van der Waals surface area contributed by atoms with Crippen molar-refractivity contribution in [3.63, 3.8) is 0 Å². The van der Waals surface area contributed by atoms with Crippen LogP contribution in [-0.4, -0.2) is 37.5 Å². The highest BCUT2D eigenvalue weighted by atomic mass is 16.5. The van der Waals surface area contributed by atoms with Crippen molar-refractivity contribution in [2.75, 3.05) is 26.2 Å². The zero-order valence-corrected chi connectivity index (χ0v) is 15.8. The Bertz CT molecular complexity index is 588. The molecule has 2 N–H and O–H groups in total. The number of hydrogen-bond acceptors (Lipinski definition) is 2. The molecule has 1 aliphatic rings. The van der Waals surface area contributed by atoms with Gasteiger partial charge in [-0.15, -0.1) is 0 Å². The van der Waals surface area contributed by atoms with Gasteiger partial charge in [0.2, 0.25) is 0 Å². The highest BCUT2D eigenvalue weighted by Gasteiger charge is 2.28. The fraction of sp³-hybridized carbons (Fsp3) is 0.478. The van der Waals surface area contributed by atoms with Crippen LogP contribution in [0.2, 0.25) is 0 Å². The normalized spacial score (nSPS) is 16.6. The van der Waals surface area contributed by atoms with E-state index in [0.29, 0.717) is 6.61 Å². The van der Waals surface area contributed by atoms with Gasteiger partial charge in [-0.3, -0.25) is 0 Å². The van der Waals surface area contributed by atoms with Crippen molar-refractivity contribution in [3.05, 3.63) is 71.8 Å². The summed E-state index contributed by atoms with van der Waals surface area (Å²) in [5.41, 5.74) is 2.25. The van der Waals surface area contributed by atoms with E-state index in [2.05, 4.69) is 31.2 Å². The second-order valence-electron chi connectivity index (χ2n) is 7.54. The molecule has 0 saturated heterocycles. The summed E-state index contributed by atoms with van der Waals surface area (Å²) in [7, 11) is 0. The summed E-state index contributed by atoms with van der Waals surface area (Å²) in [4.78, 5) is 1.52. The summed E-state index contributed by atoms with van der Waals surface area (Å²) in [5, 5.41) is 10.6. The molecule has 0 bridgehead atoms. The Morgan fingerprint density at radius 2 is 1.58 bits per heavy atom. The summed E-state index contributed by atoms with van der Waals surface area (Å²) in [5.74, 6) is 0.881. The van der Waals surface area contributed by atoms with Crippen LogP contribution in [0.25, 0.3) is 0 Å². The topological polar surface area (TPSA) is 33.9 Å². The molecule has 3 nitrogen and oxygen atoms in total. The number of quaternary nitrogens is 1. The van der Waals surface area contributed by atoms with Crippen molar-refractivity contribution in [2.24, 2.45) is 5.92 Å². The third-order valence-corrected chi connectivity index (χ3v) is 5.06. The standard InChI is InChI=1S/C23H31NO2/c1-2-15-24(16-19-13-14-19)17-22(25)18-26-23(20-9-5-3-6-10-20)21-11-7-4-8-12-21/h3-12,19,22-23,25H,2,13-18H2,1H3/p+1/t22-/m1/s1. The Labute approximate surface area is 157 Å². The Kier molecular flexibility index (Phi) is 7.24. The lowest BCUT2D eigenvalue weighted by molar-refractivity contribution is -0.905. The van der Waals surface area contributed by atoms with Gasteiger partial charge in [0, 0.05) is 5.92 Å². The van der Waals surface area contributed by atoms with Crippen molar-refractivity contribution in [3.8, 4) is 0 Å². The maximum atomic E-state index is 10.6. The molecule has 1 aliphatic carbocycles. The van der Waals surface area contributed by atoms with Crippen LogP contribution in [0.5, 0.6) is 0 Å². The van der Waals surface area contributed by atoms with Crippen LogP contribution in [-0.2, 0) is 4.74 Å². The van der Waals surface area contributed by atoms with Gasteiger partial charge in [-0.25, -0.2) is 0 Å². The first-order chi connectivity index (χ1) is 12.8. The molecule has 0 spiro atoms. The van der Waals surface area contributed by atoms with Crippen LogP contribution in [0.1, 0.15) is 43.4 Å². The Hall–Kier alpha value is -1.68. The Morgan fingerprint density at radius 1 is 1.00 bits per heavy atom. The molecule has 3 rings (SSSR count). The van der Waals surface area contributed by atoms with Crippen LogP contribution < -0.4 is 4.90 Å². The first-order valence-electron chi connectivity index (χ1n) is 9.99. The minimum atomic E-state index is -0.426. The van der Waals surface area contributed by atoms with Crippen LogP contribution >= 0.6 is 0 Å². The molecule has 0 aliphatic heterocycles. The molecule has 0 radical (unpaired) electrons. The smallest absolute Gasteiger partial charge is 0.126 e. The first kappa shape index (κ1) is 19.1. The number of ether oxygens (including phenoxy) is 1. The van der Waals surface area contributed by atoms with E-state index in [1.54, 1.807) is 0 Å². The molecule has 1 saturated carbocycles. The average Bonchev–Trinajstić information content (AvgIpc) is 3.48. The zero-order chi connectivity index (χ0) is 18.2. The quantitative estimate of drug-likeness (QED) is 0.651. The second-order valence-corrected chi connectivity index (χ2v) is 7.54. The van der Waals surface area contributed by atoms with Gasteiger partial charge in [-0.2, -0.15) is 0 Å². The molecule has 1 fully saturated rings. The van der Waals surface area contributed by atoms with Gasteiger partial charge in [0.15, 0.2) is 0 Å². The van der Waals surface area contributed by atoms with E-state index in [-0.39, 0.29) is 6.10 Å². The SMILES string of the molecule is CCC[NH+](CC1CC1)C[C@@H](O)COC(c1ccccc1)c1ccccc1. The highest BCUT2D eigenvalue weighted by Crippen LogP contribution is 2.27. The van der Waals surface area contributed by atoms with E-state index in [1.807, 2.05) is 36.4 Å². The van der Waals surface area contributed by atoms with Gasteiger partial charge in [0.25, 0.3) is 0 Å². The molecule has 1 unspecified atom stereocenters. The molecular formula is C23H32NO2+. The third-order valence-electron chi connectivity index (χ3n) is 5.06. The number of rotatable bonds is 11. The zero-order valence-electron chi connectivity index (χ0n) is 15.8. The molecule has 2 atom stereocenters. The second kappa shape index (κ2) is 9.86. The maximum absolute atomic E-state index is 10.6. The van der Waals surface area contributed by atoms with Gasteiger partial charge in [0.05, 0.1) is 19.7 Å². The molecular weight excluding hydrogens is 322 g/mol. The Morgan fingerprint density at radius 3 is 2.08 bits per heavy atom. The number of benzene rings is 2. The van der Waals surface area contributed by atoms with Crippen LogP contribution in [0.3, 0.4) is 0 Å². The molecule has 3 heteroatoms. The van der Waals surface area contributed by atoms with E-state index >= 15 is 0 Å².